The number of allylic oxidation sites excluding steroid dienone is 3. The highest BCUT2D eigenvalue weighted by Crippen LogP contribution is 2.22. The summed E-state index contributed by atoms with van der Waals surface area (Å²) in [6.45, 7) is 3.65. The molecule has 1 heterocycles. The van der Waals surface area contributed by atoms with E-state index in [1.54, 1.807) is 6.08 Å². The van der Waals surface area contributed by atoms with Gasteiger partial charge in [0, 0.05) is 6.42 Å². The van der Waals surface area contributed by atoms with Crippen LogP contribution in [0.25, 0.3) is 0 Å². The van der Waals surface area contributed by atoms with E-state index in [-0.39, 0.29) is 12.5 Å². The van der Waals surface area contributed by atoms with Crippen LogP contribution in [0.5, 0.6) is 0 Å². The van der Waals surface area contributed by atoms with Gasteiger partial charge in [-0.25, -0.2) is 0 Å². The van der Waals surface area contributed by atoms with Crippen LogP contribution in [-0.2, 0) is 14.3 Å². The molecular weight excluding hydrogens is 670 g/mol. The lowest BCUT2D eigenvalue weighted by Gasteiger charge is -2.40. The summed E-state index contributed by atoms with van der Waals surface area (Å²) in [5, 5.41) is 53.6. The van der Waals surface area contributed by atoms with E-state index in [9.17, 15) is 30.3 Å². The summed E-state index contributed by atoms with van der Waals surface area (Å²) in [5.41, 5.74) is 0. The standard InChI is InChI=1S/C44H83NO8/c1-3-5-7-9-10-11-12-13-14-15-16-17-18-19-20-21-22-23-24-25-26-27-28-30-32-34-40(48)45-37(38(47)33-31-29-8-6-4-2)36-52-44-43(51)42(50)41(49)39(35-46)53-44/h15-16,31,33,37-39,41-44,46-47,49-51H,3-14,17-30,32,34-36H2,1-2H3,(H,45,48)/b16-15-,33-31+. The summed E-state index contributed by atoms with van der Waals surface area (Å²) in [5.74, 6) is -0.184. The van der Waals surface area contributed by atoms with Crippen molar-refractivity contribution in [3.8, 4) is 0 Å². The molecule has 1 aliphatic rings. The molecule has 0 aromatic rings. The summed E-state index contributed by atoms with van der Waals surface area (Å²) >= 11 is 0. The Balaban J connectivity index is 2.13. The molecule has 0 saturated carbocycles. The molecule has 1 aliphatic heterocycles. The average Bonchev–Trinajstić information content (AvgIpc) is 3.16. The zero-order valence-corrected chi connectivity index (χ0v) is 34.0. The second kappa shape index (κ2) is 35.1. The van der Waals surface area contributed by atoms with Gasteiger partial charge in [0.15, 0.2) is 6.29 Å². The Bertz CT molecular complexity index is 883. The number of nitrogens with one attached hydrogen (secondary N) is 1. The van der Waals surface area contributed by atoms with Crippen molar-refractivity contribution < 1.29 is 39.8 Å². The molecule has 0 aliphatic carbocycles. The van der Waals surface area contributed by atoms with Crippen molar-refractivity contribution in [1.82, 2.24) is 5.32 Å². The molecule has 0 aromatic heterocycles. The van der Waals surface area contributed by atoms with Crippen molar-refractivity contribution >= 4 is 5.91 Å². The lowest BCUT2D eigenvalue weighted by atomic mass is 9.99. The van der Waals surface area contributed by atoms with E-state index < -0.39 is 49.5 Å². The molecule has 0 bridgehead atoms. The van der Waals surface area contributed by atoms with Gasteiger partial charge in [-0.3, -0.25) is 4.79 Å². The van der Waals surface area contributed by atoms with Gasteiger partial charge in [0.05, 0.1) is 25.4 Å². The minimum Gasteiger partial charge on any atom is -0.394 e. The second-order valence-electron chi connectivity index (χ2n) is 15.5. The number of unbranched alkanes of at least 4 members (excludes halogenated alkanes) is 24. The summed E-state index contributed by atoms with van der Waals surface area (Å²) < 4.78 is 11.1. The molecule has 7 atom stereocenters. The Morgan fingerprint density at radius 1 is 0.623 bits per heavy atom. The molecule has 0 spiro atoms. The topological polar surface area (TPSA) is 149 Å². The first-order chi connectivity index (χ1) is 25.8. The van der Waals surface area contributed by atoms with Crippen LogP contribution in [0.3, 0.4) is 0 Å². The monoisotopic (exact) mass is 754 g/mol. The maximum Gasteiger partial charge on any atom is 0.220 e. The Hall–Kier alpha value is -1.33. The van der Waals surface area contributed by atoms with Crippen LogP contribution in [0.15, 0.2) is 24.3 Å². The Morgan fingerprint density at radius 2 is 1.06 bits per heavy atom. The molecule has 53 heavy (non-hydrogen) atoms. The maximum atomic E-state index is 12.8. The summed E-state index contributed by atoms with van der Waals surface area (Å²) in [6.07, 6.45) is 34.3. The van der Waals surface area contributed by atoms with Crippen molar-refractivity contribution in [1.29, 1.82) is 0 Å². The van der Waals surface area contributed by atoms with E-state index in [0.717, 1.165) is 44.9 Å². The number of rotatable bonds is 36. The van der Waals surface area contributed by atoms with Crippen molar-refractivity contribution in [3.63, 3.8) is 0 Å². The second-order valence-corrected chi connectivity index (χ2v) is 15.5. The molecule has 9 heteroatoms. The van der Waals surface area contributed by atoms with Gasteiger partial charge in [-0.15, -0.1) is 0 Å². The number of amides is 1. The predicted molar refractivity (Wildman–Crippen MR) is 217 cm³/mol. The van der Waals surface area contributed by atoms with E-state index in [1.165, 1.54) is 128 Å². The molecule has 1 saturated heterocycles. The normalized spacial score (nSPS) is 21.8. The molecule has 9 nitrogen and oxygen atoms in total. The number of aliphatic hydroxyl groups is 5. The SMILES string of the molecule is CCCCC/C=C/C(O)C(COC1OC(CO)C(O)C(O)C1O)NC(=O)CCCCCCCCCCCCCCC/C=C\CCCCCCCCCC. The maximum absolute atomic E-state index is 12.8. The largest absolute Gasteiger partial charge is 0.394 e. The van der Waals surface area contributed by atoms with Crippen molar-refractivity contribution in [2.24, 2.45) is 0 Å². The van der Waals surface area contributed by atoms with Gasteiger partial charge in [0.25, 0.3) is 0 Å². The fourth-order valence-corrected chi connectivity index (χ4v) is 6.91. The first-order valence-corrected chi connectivity index (χ1v) is 22.1. The van der Waals surface area contributed by atoms with E-state index in [2.05, 4.69) is 31.3 Å². The summed E-state index contributed by atoms with van der Waals surface area (Å²) in [6, 6.07) is -0.798. The first-order valence-electron chi connectivity index (χ1n) is 22.1. The quantitative estimate of drug-likeness (QED) is 0.0275. The molecule has 1 rings (SSSR count). The van der Waals surface area contributed by atoms with Crippen LogP contribution in [0, 0.1) is 0 Å². The minimum atomic E-state index is -1.56. The molecule has 1 amide bonds. The Labute approximate surface area is 324 Å². The summed E-state index contributed by atoms with van der Waals surface area (Å²) in [4.78, 5) is 12.8. The van der Waals surface area contributed by atoms with Gasteiger partial charge in [-0.1, -0.05) is 167 Å². The highest BCUT2D eigenvalue weighted by Gasteiger charge is 2.44. The first kappa shape index (κ1) is 49.7. The fraction of sp³-hybridized carbons (Fsp3) is 0.886. The Morgan fingerprint density at radius 3 is 1.57 bits per heavy atom. The van der Waals surface area contributed by atoms with Crippen LogP contribution in [0.2, 0.25) is 0 Å². The van der Waals surface area contributed by atoms with E-state index in [0.29, 0.717) is 6.42 Å². The third-order valence-electron chi connectivity index (χ3n) is 10.5. The van der Waals surface area contributed by atoms with E-state index >= 15 is 0 Å². The smallest absolute Gasteiger partial charge is 0.220 e. The van der Waals surface area contributed by atoms with Crippen LogP contribution < -0.4 is 5.32 Å². The van der Waals surface area contributed by atoms with Crippen LogP contribution in [0.4, 0.5) is 0 Å². The molecular formula is C44H83NO8. The molecule has 7 unspecified atom stereocenters. The van der Waals surface area contributed by atoms with Gasteiger partial charge in [-0.05, 0) is 44.9 Å². The number of ether oxygens (including phenoxy) is 2. The number of carbonyl (C=O) groups excluding carboxylic acids is 1. The van der Waals surface area contributed by atoms with E-state index in [1.807, 2.05) is 6.08 Å². The van der Waals surface area contributed by atoms with Gasteiger partial charge in [-0.2, -0.15) is 0 Å². The molecule has 312 valence electrons. The lowest BCUT2D eigenvalue weighted by molar-refractivity contribution is -0.302. The highest BCUT2D eigenvalue weighted by molar-refractivity contribution is 5.76. The number of hydrogen-bond donors (Lipinski definition) is 6. The van der Waals surface area contributed by atoms with Crippen molar-refractivity contribution in [2.75, 3.05) is 13.2 Å². The molecule has 6 N–H and O–H groups in total. The zero-order chi connectivity index (χ0) is 38.8. The average molecular weight is 754 g/mol. The molecule has 1 fully saturated rings. The van der Waals surface area contributed by atoms with Gasteiger partial charge >= 0.3 is 0 Å². The zero-order valence-electron chi connectivity index (χ0n) is 34.0. The number of carbonyl (C=O) groups is 1. The van der Waals surface area contributed by atoms with Crippen molar-refractivity contribution in [3.05, 3.63) is 24.3 Å². The number of aliphatic hydroxyl groups excluding tert-OH is 5. The third kappa shape index (κ3) is 26.2. The van der Waals surface area contributed by atoms with Crippen LogP contribution in [0.1, 0.15) is 194 Å². The van der Waals surface area contributed by atoms with E-state index in [4.69, 9.17) is 9.47 Å². The van der Waals surface area contributed by atoms with Gasteiger partial charge < -0.3 is 40.3 Å². The third-order valence-corrected chi connectivity index (χ3v) is 10.5. The van der Waals surface area contributed by atoms with Crippen LogP contribution >= 0.6 is 0 Å². The lowest BCUT2D eigenvalue weighted by Crippen LogP contribution is -2.60. The van der Waals surface area contributed by atoms with Crippen LogP contribution in [-0.4, -0.2) is 87.5 Å². The summed E-state index contributed by atoms with van der Waals surface area (Å²) in [7, 11) is 0. The molecule has 0 aromatic carbocycles. The van der Waals surface area contributed by atoms with Gasteiger partial charge in [0.2, 0.25) is 5.91 Å². The van der Waals surface area contributed by atoms with Gasteiger partial charge in [0.1, 0.15) is 24.4 Å². The number of hydrogen-bond acceptors (Lipinski definition) is 8. The Kier molecular flexibility index (Phi) is 32.9. The molecule has 0 radical (unpaired) electrons. The predicted octanol–water partition coefficient (Wildman–Crippen LogP) is 8.72. The van der Waals surface area contributed by atoms with Crippen molar-refractivity contribution in [2.45, 2.75) is 236 Å². The highest BCUT2D eigenvalue weighted by atomic mass is 16.7. The minimum absolute atomic E-state index is 0.184. The fourth-order valence-electron chi connectivity index (χ4n) is 6.91.